The lowest BCUT2D eigenvalue weighted by molar-refractivity contribution is -0.117. The number of hydrogen-bond donors (Lipinski definition) is 1. The summed E-state index contributed by atoms with van der Waals surface area (Å²) in [5.74, 6) is -2.67. The van der Waals surface area contributed by atoms with Crippen molar-refractivity contribution in [1.82, 2.24) is 4.98 Å². The van der Waals surface area contributed by atoms with E-state index in [0.717, 1.165) is 0 Å². The molecule has 0 fully saturated rings. The maximum absolute atomic E-state index is 13.8. The van der Waals surface area contributed by atoms with Crippen LogP contribution < -0.4 is 4.90 Å². The Labute approximate surface area is 150 Å². The smallest absolute Gasteiger partial charge is 0.296 e. The van der Waals surface area contributed by atoms with E-state index in [2.05, 4.69) is 4.98 Å². The van der Waals surface area contributed by atoms with Gasteiger partial charge in [0.15, 0.2) is 16.7 Å². The molecule has 0 saturated heterocycles. The number of anilines is 1. The Balaban J connectivity index is 1.89. The van der Waals surface area contributed by atoms with Gasteiger partial charge in [0.05, 0.1) is 17.9 Å². The van der Waals surface area contributed by atoms with Crippen molar-refractivity contribution >= 4 is 28.2 Å². The van der Waals surface area contributed by atoms with Crippen LogP contribution >= 0.6 is 11.3 Å². The van der Waals surface area contributed by atoms with Crippen LogP contribution in [0.1, 0.15) is 22.2 Å². The molecule has 6 nitrogen and oxygen atoms in total. The molecule has 26 heavy (non-hydrogen) atoms. The van der Waals surface area contributed by atoms with Gasteiger partial charge in [-0.15, -0.1) is 11.3 Å². The number of ketones is 1. The number of hydrogen-bond acceptors (Lipinski definition) is 6. The zero-order chi connectivity index (χ0) is 18.3. The van der Waals surface area contributed by atoms with Crippen molar-refractivity contribution < 1.29 is 23.5 Å². The predicted octanol–water partition coefficient (Wildman–Crippen LogP) is 3.66. The highest BCUT2D eigenvalue weighted by molar-refractivity contribution is 7.13. The lowest BCUT2D eigenvalue weighted by Crippen LogP contribution is -2.31. The molecule has 1 aromatic carbocycles. The number of amides is 1. The molecule has 0 radical (unpaired) electrons. The average Bonchev–Trinajstić information content (AvgIpc) is 3.37. The van der Waals surface area contributed by atoms with Crippen LogP contribution in [-0.2, 0) is 4.79 Å². The Kier molecular flexibility index (Phi) is 3.89. The highest BCUT2D eigenvalue weighted by Crippen LogP contribution is 2.42. The van der Waals surface area contributed by atoms with Gasteiger partial charge < -0.3 is 9.52 Å². The lowest BCUT2D eigenvalue weighted by atomic mass is 9.95. The Hall–Kier alpha value is -3.26. The third-order valence-corrected chi connectivity index (χ3v) is 4.76. The number of carbonyl (C=O) groups is 2. The van der Waals surface area contributed by atoms with Crippen molar-refractivity contribution in [3.05, 3.63) is 82.7 Å². The molecule has 0 aliphatic carbocycles. The number of carbonyl (C=O) groups excluding carboxylic acids is 2. The van der Waals surface area contributed by atoms with Crippen LogP contribution in [0.2, 0.25) is 0 Å². The highest BCUT2D eigenvalue weighted by Gasteiger charge is 2.46. The van der Waals surface area contributed by atoms with Gasteiger partial charge in [0, 0.05) is 11.6 Å². The van der Waals surface area contributed by atoms with Crippen molar-refractivity contribution in [2.75, 3.05) is 4.90 Å². The monoisotopic (exact) mass is 370 g/mol. The summed E-state index contributed by atoms with van der Waals surface area (Å²) in [6.45, 7) is 0. The summed E-state index contributed by atoms with van der Waals surface area (Å²) in [6.07, 6.45) is 2.82. The fraction of sp³-hybridized carbons (Fsp3) is 0.0556. The van der Waals surface area contributed by atoms with Crippen LogP contribution in [-0.4, -0.2) is 21.8 Å². The van der Waals surface area contributed by atoms with Crippen molar-refractivity contribution in [2.45, 2.75) is 6.04 Å². The van der Waals surface area contributed by atoms with E-state index in [1.54, 1.807) is 11.4 Å². The second kappa shape index (κ2) is 6.23. The molecule has 1 N–H and O–H groups in total. The molecule has 3 aromatic rings. The van der Waals surface area contributed by atoms with Crippen molar-refractivity contribution in [3.8, 4) is 0 Å². The SMILES string of the molecule is O=C(C1=C(O)C(=O)N(c2nccs2)C1c1cccc(F)c1)c1ccco1. The molecule has 3 heterocycles. The number of furan rings is 1. The van der Waals surface area contributed by atoms with Crippen molar-refractivity contribution in [2.24, 2.45) is 0 Å². The maximum Gasteiger partial charge on any atom is 0.296 e. The molecule has 1 unspecified atom stereocenters. The molecule has 1 aliphatic rings. The first-order valence-electron chi connectivity index (χ1n) is 7.58. The normalized spacial score (nSPS) is 17.2. The minimum atomic E-state index is -1.01. The first-order valence-corrected chi connectivity index (χ1v) is 8.45. The number of nitrogens with zero attached hydrogens (tertiary/aromatic N) is 2. The molecule has 4 rings (SSSR count). The third kappa shape index (κ3) is 2.51. The van der Waals surface area contributed by atoms with E-state index in [0.29, 0.717) is 5.56 Å². The van der Waals surface area contributed by atoms with E-state index < -0.39 is 29.3 Å². The summed E-state index contributed by atoms with van der Waals surface area (Å²) >= 11 is 1.17. The number of thiazole rings is 1. The zero-order valence-electron chi connectivity index (χ0n) is 13.1. The van der Waals surface area contributed by atoms with Crippen LogP contribution in [0.4, 0.5) is 9.52 Å². The Bertz CT molecular complexity index is 1010. The standard InChI is InChI=1S/C18H11FN2O4S/c19-11-4-1-3-10(9-11)14-13(15(22)12-5-2-7-25-12)16(23)17(24)21(14)18-20-6-8-26-18/h1-9,14,23H. The Morgan fingerprint density at radius 2 is 2.15 bits per heavy atom. The van der Waals surface area contributed by atoms with Gasteiger partial charge in [0.25, 0.3) is 5.91 Å². The molecule has 0 bridgehead atoms. The molecule has 1 amide bonds. The molecule has 0 spiro atoms. The molecule has 130 valence electrons. The van der Waals surface area contributed by atoms with Gasteiger partial charge in [0.1, 0.15) is 5.82 Å². The predicted molar refractivity (Wildman–Crippen MR) is 91.4 cm³/mol. The third-order valence-electron chi connectivity index (χ3n) is 3.99. The van der Waals surface area contributed by atoms with E-state index in [1.165, 1.54) is 59.0 Å². The number of aliphatic hydroxyl groups excluding tert-OH is 1. The summed E-state index contributed by atoms with van der Waals surface area (Å²) in [4.78, 5) is 30.8. The zero-order valence-corrected chi connectivity index (χ0v) is 13.9. The summed E-state index contributed by atoms with van der Waals surface area (Å²) in [6, 6.07) is 7.47. The van der Waals surface area contributed by atoms with Crippen molar-refractivity contribution in [1.29, 1.82) is 0 Å². The molecular weight excluding hydrogens is 359 g/mol. The largest absolute Gasteiger partial charge is 0.503 e. The van der Waals surface area contributed by atoms with Gasteiger partial charge >= 0.3 is 0 Å². The van der Waals surface area contributed by atoms with Gasteiger partial charge in [-0.05, 0) is 29.8 Å². The van der Waals surface area contributed by atoms with E-state index in [-0.39, 0.29) is 16.5 Å². The summed E-state index contributed by atoms with van der Waals surface area (Å²) in [5.41, 5.74) is 0.165. The Morgan fingerprint density at radius 1 is 1.31 bits per heavy atom. The van der Waals surface area contributed by atoms with E-state index in [1.807, 2.05) is 0 Å². The van der Waals surface area contributed by atoms with E-state index in [4.69, 9.17) is 4.42 Å². The van der Waals surface area contributed by atoms with Gasteiger partial charge in [-0.3, -0.25) is 14.5 Å². The first-order chi connectivity index (χ1) is 12.6. The molecule has 2 aromatic heterocycles. The minimum absolute atomic E-state index is 0.0262. The van der Waals surface area contributed by atoms with Crippen LogP contribution in [0, 0.1) is 5.82 Å². The lowest BCUT2D eigenvalue weighted by Gasteiger charge is -2.24. The number of benzene rings is 1. The number of Topliss-reactive ketones (excluding diaryl/α,β-unsaturated/α-hetero) is 1. The second-order valence-electron chi connectivity index (χ2n) is 5.52. The van der Waals surface area contributed by atoms with Gasteiger partial charge in [-0.1, -0.05) is 12.1 Å². The van der Waals surface area contributed by atoms with Crippen LogP contribution in [0.15, 0.2) is 70.0 Å². The topological polar surface area (TPSA) is 83.6 Å². The van der Waals surface area contributed by atoms with E-state index in [9.17, 15) is 19.1 Å². The first kappa shape index (κ1) is 16.2. The summed E-state index contributed by atoms with van der Waals surface area (Å²) < 4.78 is 18.9. The number of aromatic nitrogens is 1. The molecule has 1 aliphatic heterocycles. The quantitative estimate of drug-likeness (QED) is 0.709. The second-order valence-corrected chi connectivity index (χ2v) is 6.39. The van der Waals surface area contributed by atoms with Gasteiger partial charge in [-0.25, -0.2) is 9.37 Å². The van der Waals surface area contributed by atoms with Gasteiger partial charge in [-0.2, -0.15) is 0 Å². The minimum Gasteiger partial charge on any atom is -0.503 e. The van der Waals surface area contributed by atoms with Crippen LogP contribution in [0.25, 0.3) is 0 Å². The van der Waals surface area contributed by atoms with Crippen LogP contribution in [0.3, 0.4) is 0 Å². The maximum atomic E-state index is 13.8. The van der Waals surface area contributed by atoms with Crippen molar-refractivity contribution in [3.63, 3.8) is 0 Å². The molecular formula is C18H11FN2O4S. The Morgan fingerprint density at radius 3 is 2.81 bits per heavy atom. The number of halogens is 1. The average molecular weight is 370 g/mol. The number of rotatable bonds is 4. The van der Waals surface area contributed by atoms with Gasteiger partial charge in [0.2, 0.25) is 5.78 Å². The van der Waals surface area contributed by atoms with Crippen LogP contribution in [0.5, 0.6) is 0 Å². The molecule has 8 heteroatoms. The highest BCUT2D eigenvalue weighted by atomic mass is 32.1. The summed E-state index contributed by atoms with van der Waals surface area (Å²) in [7, 11) is 0. The fourth-order valence-corrected chi connectivity index (χ4v) is 3.57. The fourth-order valence-electron chi connectivity index (χ4n) is 2.90. The summed E-state index contributed by atoms with van der Waals surface area (Å²) in [5, 5.41) is 12.4. The number of aliphatic hydroxyl groups is 1. The molecule has 1 atom stereocenters. The van der Waals surface area contributed by atoms with E-state index >= 15 is 0 Å². The molecule has 0 saturated carbocycles.